The van der Waals surface area contributed by atoms with Crippen LogP contribution in [0.25, 0.3) is 28.3 Å². The zero-order valence-corrected chi connectivity index (χ0v) is 14.5. The second kappa shape index (κ2) is 5.52. The van der Waals surface area contributed by atoms with E-state index in [0.717, 1.165) is 52.2 Å². The molecule has 0 saturated heterocycles. The summed E-state index contributed by atoms with van der Waals surface area (Å²) in [5, 5.41) is 6.89. The van der Waals surface area contributed by atoms with Crippen molar-refractivity contribution in [2.75, 3.05) is 11.4 Å². The summed E-state index contributed by atoms with van der Waals surface area (Å²) in [5.74, 6) is 2.63. The maximum atomic E-state index is 4.96. The molecule has 7 nitrogen and oxygen atoms in total. The van der Waals surface area contributed by atoms with Gasteiger partial charge in [0.25, 0.3) is 0 Å². The number of hydrogen-bond donors (Lipinski definition) is 1. The summed E-state index contributed by atoms with van der Waals surface area (Å²) in [5.41, 5.74) is 4.89. The van der Waals surface area contributed by atoms with Gasteiger partial charge in [-0.2, -0.15) is 5.10 Å². The lowest BCUT2D eigenvalue weighted by Gasteiger charge is -2.23. The molecular weight excluding hydrogens is 326 g/mol. The van der Waals surface area contributed by atoms with Gasteiger partial charge in [-0.1, -0.05) is 0 Å². The van der Waals surface area contributed by atoms with Crippen LogP contribution in [0.5, 0.6) is 0 Å². The normalized spacial score (nSPS) is 12.3. The summed E-state index contributed by atoms with van der Waals surface area (Å²) in [6, 6.07) is 8.12. The molecule has 5 heterocycles. The highest BCUT2D eigenvalue weighted by Crippen LogP contribution is 2.41. The Hall–Kier alpha value is -3.48. The van der Waals surface area contributed by atoms with Gasteiger partial charge in [0.2, 0.25) is 0 Å². The summed E-state index contributed by atoms with van der Waals surface area (Å²) in [4.78, 5) is 16.4. The minimum atomic E-state index is 0.753. The maximum Gasteiger partial charge on any atom is 0.159 e. The van der Waals surface area contributed by atoms with E-state index in [9.17, 15) is 0 Å². The molecule has 7 heteroatoms. The van der Waals surface area contributed by atoms with Crippen LogP contribution in [0.4, 0.5) is 11.6 Å². The van der Waals surface area contributed by atoms with Gasteiger partial charge in [0.15, 0.2) is 5.82 Å². The molecule has 0 fully saturated rings. The predicted molar refractivity (Wildman–Crippen MR) is 99.6 cm³/mol. The lowest BCUT2D eigenvalue weighted by atomic mass is 10.2. The third-order valence-corrected chi connectivity index (χ3v) is 4.68. The summed E-state index contributed by atoms with van der Waals surface area (Å²) < 4.78 is 2.15. The van der Waals surface area contributed by atoms with Gasteiger partial charge in [-0.25, -0.2) is 15.0 Å². The fourth-order valence-electron chi connectivity index (χ4n) is 3.48. The van der Waals surface area contributed by atoms with Gasteiger partial charge >= 0.3 is 0 Å². The number of hydrogen-bond acceptors (Lipinski definition) is 5. The van der Waals surface area contributed by atoms with Crippen LogP contribution in [0, 0.1) is 6.92 Å². The van der Waals surface area contributed by atoms with Gasteiger partial charge in [-0.3, -0.25) is 9.67 Å². The molecule has 26 heavy (non-hydrogen) atoms. The number of rotatable bonds is 2. The topological polar surface area (TPSA) is 75.5 Å². The van der Waals surface area contributed by atoms with Crippen molar-refractivity contribution in [2.45, 2.75) is 13.8 Å². The van der Waals surface area contributed by atoms with E-state index in [2.05, 4.69) is 55.6 Å². The molecule has 0 saturated carbocycles. The van der Waals surface area contributed by atoms with Gasteiger partial charge in [-0.15, -0.1) is 0 Å². The Morgan fingerprint density at radius 2 is 2.00 bits per heavy atom. The van der Waals surface area contributed by atoms with Crippen molar-refractivity contribution in [1.82, 2.24) is 29.7 Å². The molecular formula is C19H17N7. The molecule has 1 aliphatic rings. The van der Waals surface area contributed by atoms with E-state index >= 15 is 0 Å². The van der Waals surface area contributed by atoms with E-state index in [1.165, 1.54) is 0 Å². The average molecular weight is 343 g/mol. The first-order chi connectivity index (χ1) is 12.8. The van der Waals surface area contributed by atoms with E-state index in [1.54, 1.807) is 6.20 Å². The molecule has 1 N–H and O–H groups in total. The molecule has 0 aliphatic carbocycles. The average Bonchev–Trinajstić information content (AvgIpc) is 3.31. The van der Waals surface area contributed by atoms with Crippen molar-refractivity contribution < 1.29 is 0 Å². The molecule has 5 rings (SSSR count). The van der Waals surface area contributed by atoms with Crippen molar-refractivity contribution in [3.63, 3.8) is 0 Å². The Kier molecular flexibility index (Phi) is 3.15. The fourth-order valence-corrected chi connectivity index (χ4v) is 3.48. The maximum absolute atomic E-state index is 4.96. The molecule has 0 radical (unpaired) electrons. The van der Waals surface area contributed by atoms with Crippen LogP contribution in [0.3, 0.4) is 0 Å². The summed E-state index contributed by atoms with van der Waals surface area (Å²) in [6.07, 6.45) is 7.33. The first-order valence-corrected chi connectivity index (χ1v) is 8.55. The van der Waals surface area contributed by atoms with Crippen LogP contribution in [0.1, 0.15) is 12.6 Å². The van der Waals surface area contributed by atoms with Crippen LogP contribution in [0.15, 0.2) is 49.1 Å². The number of H-pyrrole nitrogens is 1. The smallest absolute Gasteiger partial charge is 0.159 e. The second-order valence-electron chi connectivity index (χ2n) is 6.20. The minimum Gasteiger partial charge on any atom is -0.309 e. The number of aromatic amines is 1. The number of nitrogens with one attached hydrogen (secondary N) is 1. The van der Waals surface area contributed by atoms with Gasteiger partial charge in [0.1, 0.15) is 11.6 Å². The number of fused-ring (bicyclic) bond motifs is 5. The van der Waals surface area contributed by atoms with E-state index in [1.807, 2.05) is 30.7 Å². The summed E-state index contributed by atoms with van der Waals surface area (Å²) in [6.45, 7) is 4.92. The van der Waals surface area contributed by atoms with Crippen molar-refractivity contribution in [3.8, 4) is 28.3 Å². The summed E-state index contributed by atoms with van der Waals surface area (Å²) in [7, 11) is 0. The molecule has 1 aliphatic heterocycles. The molecule has 0 bridgehead atoms. The monoisotopic (exact) mass is 343 g/mol. The van der Waals surface area contributed by atoms with Crippen LogP contribution < -0.4 is 4.90 Å². The SMILES string of the molecule is CCN1c2ncccc2-c2ncc(C)n2-c2ccc(-c3cn[nH]c3)nc21. The Morgan fingerprint density at radius 3 is 2.81 bits per heavy atom. The highest BCUT2D eigenvalue weighted by molar-refractivity contribution is 5.83. The zero-order valence-electron chi connectivity index (χ0n) is 14.5. The third kappa shape index (κ3) is 2.00. The van der Waals surface area contributed by atoms with Crippen molar-refractivity contribution in [2.24, 2.45) is 0 Å². The first kappa shape index (κ1) is 14.8. The molecule has 0 unspecified atom stereocenters. The number of imidazole rings is 1. The Labute approximate surface area is 150 Å². The molecule has 128 valence electrons. The van der Waals surface area contributed by atoms with Gasteiger partial charge in [-0.05, 0) is 38.1 Å². The highest BCUT2D eigenvalue weighted by Gasteiger charge is 2.28. The molecule has 0 aromatic carbocycles. The minimum absolute atomic E-state index is 0.753. The van der Waals surface area contributed by atoms with E-state index in [-0.39, 0.29) is 0 Å². The summed E-state index contributed by atoms with van der Waals surface area (Å²) >= 11 is 0. The quantitative estimate of drug-likeness (QED) is 0.603. The Bertz CT molecular complexity index is 1100. The van der Waals surface area contributed by atoms with Crippen LogP contribution in [-0.4, -0.2) is 36.3 Å². The second-order valence-corrected chi connectivity index (χ2v) is 6.20. The lowest BCUT2D eigenvalue weighted by Crippen LogP contribution is -2.20. The fraction of sp³-hybridized carbons (Fsp3) is 0.158. The first-order valence-electron chi connectivity index (χ1n) is 8.55. The Balaban J connectivity index is 1.85. The van der Waals surface area contributed by atoms with Crippen molar-refractivity contribution in [3.05, 3.63) is 54.7 Å². The van der Waals surface area contributed by atoms with E-state index in [0.29, 0.717) is 0 Å². The Morgan fingerprint density at radius 1 is 1.08 bits per heavy atom. The number of aryl methyl sites for hydroxylation is 1. The molecule has 4 aromatic rings. The number of pyridine rings is 2. The molecule has 0 amide bonds. The van der Waals surface area contributed by atoms with Crippen molar-refractivity contribution in [1.29, 1.82) is 0 Å². The zero-order chi connectivity index (χ0) is 17.7. The van der Waals surface area contributed by atoms with Gasteiger partial charge < -0.3 is 4.90 Å². The molecule has 0 spiro atoms. The van der Waals surface area contributed by atoms with Crippen molar-refractivity contribution >= 4 is 11.6 Å². The third-order valence-electron chi connectivity index (χ3n) is 4.68. The van der Waals surface area contributed by atoms with Gasteiger partial charge in [0.05, 0.1) is 23.1 Å². The number of aromatic nitrogens is 6. The standard InChI is InChI=1S/C19H17N7/c1-3-25-17-14(5-4-8-20-17)18-21-9-12(2)26(18)16-7-6-15(24-19(16)25)13-10-22-23-11-13/h4-11H,3H2,1-2H3,(H,22,23). The van der Waals surface area contributed by atoms with Gasteiger partial charge in [0, 0.05) is 36.4 Å². The highest BCUT2D eigenvalue weighted by atomic mass is 15.3. The lowest BCUT2D eigenvalue weighted by molar-refractivity contribution is 0.948. The molecule has 0 atom stereocenters. The van der Waals surface area contributed by atoms with E-state index in [4.69, 9.17) is 4.98 Å². The predicted octanol–water partition coefficient (Wildman–Crippen LogP) is 3.50. The number of anilines is 2. The molecule has 4 aromatic heterocycles. The van der Waals surface area contributed by atoms with Crippen LogP contribution >= 0.6 is 0 Å². The van der Waals surface area contributed by atoms with Crippen LogP contribution in [-0.2, 0) is 0 Å². The number of nitrogens with zero attached hydrogens (tertiary/aromatic N) is 6. The van der Waals surface area contributed by atoms with E-state index < -0.39 is 0 Å². The largest absolute Gasteiger partial charge is 0.309 e. The van der Waals surface area contributed by atoms with Crippen LogP contribution in [0.2, 0.25) is 0 Å².